The molecule has 6 nitrogen and oxygen atoms in total. The first kappa shape index (κ1) is 18.8. The lowest BCUT2D eigenvalue weighted by molar-refractivity contribution is -0.123. The third-order valence-electron chi connectivity index (χ3n) is 5.08. The van der Waals surface area contributed by atoms with Crippen molar-refractivity contribution >= 4 is 21.4 Å². The zero-order valence-electron chi connectivity index (χ0n) is 15.2. The number of hydrogen-bond acceptors (Lipinski definition) is 5. The SMILES string of the molecule is COc1ccc(N(C(=O)C2CCCCC2)[C@H]2C=CS(=O)(=O)C2)c(OC)c1. The Morgan fingerprint density at radius 2 is 1.85 bits per heavy atom. The van der Waals surface area contributed by atoms with Crippen molar-refractivity contribution in [1.29, 1.82) is 0 Å². The van der Waals surface area contributed by atoms with Crippen LogP contribution in [0.4, 0.5) is 5.69 Å². The molecule has 0 N–H and O–H groups in total. The van der Waals surface area contributed by atoms with Crippen LogP contribution in [0.5, 0.6) is 11.5 Å². The van der Waals surface area contributed by atoms with Crippen molar-refractivity contribution in [2.45, 2.75) is 38.1 Å². The third-order valence-corrected chi connectivity index (χ3v) is 6.46. The van der Waals surface area contributed by atoms with Crippen LogP contribution in [0.25, 0.3) is 0 Å². The van der Waals surface area contributed by atoms with Gasteiger partial charge in [0.2, 0.25) is 5.91 Å². The van der Waals surface area contributed by atoms with Gasteiger partial charge in [-0.2, -0.15) is 0 Å². The number of ether oxygens (including phenoxy) is 2. The Labute approximate surface area is 154 Å². The molecule has 0 unspecified atom stereocenters. The van der Waals surface area contributed by atoms with Crippen LogP contribution in [0.3, 0.4) is 0 Å². The van der Waals surface area contributed by atoms with Gasteiger partial charge in [0.25, 0.3) is 0 Å². The molecule has 1 amide bonds. The van der Waals surface area contributed by atoms with E-state index in [-0.39, 0.29) is 17.6 Å². The zero-order chi connectivity index (χ0) is 18.7. The van der Waals surface area contributed by atoms with Crippen LogP contribution < -0.4 is 14.4 Å². The molecule has 7 heteroatoms. The van der Waals surface area contributed by atoms with E-state index in [0.717, 1.165) is 32.1 Å². The fraction of sp³-hybridized carbons (Fsp3) is 0.526. The maximum atomic E-state index is 13.3. The summed E-state index contributed by atoms with van der Waals surface area (Å²) in [6.45, 7) is 0. The number of sulfone groups is 1. The van der Waals surface area contributed by atoms with Gasteiger partial charge in [-0.05, 0) is 31.1 Å². The molecule has 0 saturated heterocycles. The second-order valence-electron chi connectivity index (χ2n) is 6.81. The first-order valence-electron chi connectivity index (χ1n) is 8.91. The largest absolute Gasteiger partial charge is 0.497 e. The van der Waals surface area contributed by atoms with Gasteiger partial charge in [0.15, 0.2) is 9.84 Å². The predicted octanol–water partition coefficient (Wildman–Crippen LogP) is 2.93. The van der Waals surface area contributed by atoms with Crippen molar-refractivity contribution in [3.05, 3.63) is 29.7 Å². The summed E-state index contributed by atoms with van der Waals surface area (Å²) in [5.74, 6) is 0.907. The fourth-order valence-corrected chi connectivity index (χ4v) is 4.98. The standard InChI is InChI=1S/C19H25NO5S/c1-24-16-8-9-17(18(12-16)25-2)20(15-10-11-26(22,23)13-15)19(21)14-6-4-3-5-7-14/h8-12,14-15H,3-7,13H2,1-2H3/t15-/m0/s1. The van der Waals surface area contributed by atoms with Crippen LogP contribution in [0.1, 0.15) is 32.1 Å². The van der Waals surface area contributed by atoms with Crippen LogP contribution in [-0.2, 0) is 14.6 Å². The molecular weight excluding hydrogens is 354 g/mol. The molecule has 26 heavy (non-hydrogen) atoms. The number of amides is 1. The van der Waals surface area contributed by atoms with E-state index in [2.05, 4.69) is 0 Å². The van der Waals surface area contributed by atoms with Gasteiger partial charge in [-0.1, -0.05) is 19.3 Å². The van der Waals surface area contributed by atoms with Gasteiger partial charge < -0.3 is 14.4 Å². The molecule has 1 atom stereocenters. The molecule has 0 aromatic heterocycles. The Kier molecular flexibility index (Phi) is 5.55. The van der Waals surface area contributed by atoms with Crippen molar-refractivity contribution < 1.29 is 22.7 Å². The van der Waals surface area contributed by atoms with E-state index in [9.17, 15) is 13.2 Å². The summed E-state index contributed by atoms with van der Waals surface area (Å²) < 4.78 is 34.6. The van der Waals surface area contributed by atoms with Crippen molar-refractivity contribution in [3.63, 3.8) is 0 Å². The Hall–Kier alpha value is -2.02. The molecule has 1 aromatic rings. The number of methoxy groups -OCH3 is 2. The van der Waals surface area contributed by atoms with Gasteiger partial charge in [0.1, 0.15) is 11.5 Å². The number of anilines is 1. The molecule has 1 aliphatic heterocycles. The molecule has 1 heterocycles. The lowest BCUT2D eigenvalue weighted by Gasteiger charge is -2.33. The highest BCUT2D eigenvalue weighted by atomic mass is 32.2. The Morgan fingerprint density at radius 1 is 1.12 bits per heavy atom. The second kappa shape index (κ2) is 7.70. The molecule has 1 fully saturated rings. The van der Waals surface area contributed by atoms with Crippen LogP contribution in [-0.4, -0.2) is 40.3 Å². The van der Waals surface area contributed by atoms with E-state index in [4.69, 9.17) is 9.47 Å². The predicted molar refractivity (Wildman–Crippen MR) is 100 cm³/mol. The molecule has 1 aromatic carbocycles. The van der Waals surface area contributed by atoms with Crippen LogP contribution in [0.2, 0.25) is 0 Å². The normalized spacial score (nSPS) is 22.2. The number of rotatable bonds is 5. The average molecular weight is 379 g/mol. The molecule has 1 saturated carbocycles. The highest BCUT2D eigenvalue weighted by molar-refractivity contribution is 7.94. The molecule has 0 spiro atoms. The topological polar surface area (TPSA) is 72.9 Å². The lowest BCUT2D eigenvalue weighted by atomic mass is 9.87. The number of carbonyl (C=O) groups excluding carboxylic acids is 1. The van der Waals surface area contributed by atoms with Crippen molar-refractivity contribution in [3.8, 4) is 11.5 Å². The van der Waals surface area contributed by atoms with Gasteiger partial charge in [-0.15, -0.1) is 0 Å². The molecule has 0 bridgehead atoms. The minimum atomic E-state index is -3.29. The zero-order valence-corrected chi connectivity index (χ0v) is 16.0. The van der Waals surface area contributed by atoms with Crippen LogP contribution >= 0.6 is 0 Å². The Morgan fingerprint density at radius 3 is 2.42 bits per heavy atom. The van der Waals surface area contributed by atoms with Crippen molar-refractivity contribution in [2.75, 3.05) is 24.9 Å². The first-order chi connectivity index (χ1) is 12.4. The number of carbonyl (C=O) groups is 1. The summed E-state index contributed by atoms with van der Waals surface area (Å²) in [6, 6.07) is 4.71. The fourth-order valence-electron chi connectivity index (χ4n) is 3.71. The number of nitrogens with zero attached hydrogens (tertiary/aromatic N) is 1. The molecular formula is C19H25NO5S. The van der Waals surface area contributed by atoms with E-state index in [0.29, 0.717) is 17.2 Å². The van der Waals surface area contributed by atoms with Gasteiger partial charge in [-0.25, -0.2) is 8.42 Å². The van der Waals surface area contributed by atoms with Crippen molar-refractivity contribution in [1.82, 2.24) is 0 Å². The number of hydrogen-bond donors (Lipinski definition) is 0. The maximum absolute atomic E-state index is 13.3. The highest BCUT2D eigenvalue weighted by Gasteiger charge is 2.36. The van der Waals surface area contributed by atoms with Gasteiger partial charge in [0.05, 0.1) is 31.7 Å². The second-order valence-corrected chi connectivity index (χ2v) is 8.74. The molecule has 1 aliphatic carbocycles. The van der Waals surface area contributed by atoms with E-state index in [1.165, 1.54) is 12.5 Å². The van der Waals surface area contributed by atoms with E-state index in [1.807, 2.05) is 0 Å². The summed E-state index contributed by atoms with van der Waals surface area (Å²) in [6.07, 6.45) is 6.49. The monoisotopic (exact) mass is 379 g/mol. The minimum absolute atomic E-state index is 0.0279. The molecule has 2 aliphatic rings. The smallest absolute Gasteiger partial charge is 0.230 e. The molecule has 0 radical (unpaired) electrons. The summed E-state index contributed by atoms with van der Waals surface area (Å²) in [7, 11) is -0.193. The number of benzene rings is 1. The van der Waals surface area contributed by atoms with E-state index in [1.54, 1.807) is 36.3 Å². The van der Waals surface area contributed by atoms with Gasteiger partial charge in [0, 0.05) is 17.4 Å². The Bertz CT molecular complexity index is 796. The van der Waals surface area contributed by atoms with Crippen LogP contribution in [0.15, 0.2) is 29.7 Å². The van der Waals surface area contributed by atoms with Crippen molar-refractivity contribution in [2.24, 2.45) is 5.92 Å². The van der Waals surface area contributed by atoms with Crippen LogP contribution in [0, 0.1) is 5.92 Å². The van der Waals surface area contributed by atoms with E-state index < -0.39 is 15.9 Å². The minimum Gasteiger partial charge on any atom is -0.497 e. The molecule has 3 rings (SSSR count). The Balaban J connectivity index is 2.00. The summed E-state index contributed by atoms with van der Waals surface area (Å²) >= 11 is 0. The van der Waals surface area contributed by atoms with Gasteiger partial charge in [-0.3, -0.25) is 4.79 Å². The van der Waals surface area contributed by atoms with Gasteiger partial charge >= 0.3 is 0 Å². The highest BCUT2D eigenvalue weighted by Crippen LogP contribution is 2.37. The summed E-state index contributed by atoms with van der Waals surface area (Å²) in [5, 5.41) is 1.20. The summed E-state index contributed by atoms with van der Waals surface area (Å²) in [4.78, 5) is 14.9. The first-order valence-corrected chi connectivity index (χ1v) is 10.6. The molecule has 142 valence electrons. The summed E-state index contributed by atoms with van der Waals surface area (Å²) in [5.41, 5.74) is 0.579. The maximum Gasteiger partial charge on any atom is 0.230 e. The third kappa shape index (κ3) is 3.87. The lowest BCUT2D eigenvalue weighted by Crippen LogP contribution is -2.45. The average Bonchev–Trinajstić information content (AvgIpc) is 3.02. The quantitative estimate of drug-likeness (QED) is 0.786. The van der Waals surface area contributed by atoms with E-state index >= 15 is 0 Å².